The van der Waals surface area contributed by atoms with Crippen LogP contribution in [-0.2, 0) is 11.2 Å². The molecular weight excluding hydrogens is 311 g/mol. The monoisotopic (exact) mass is 322 g/mol. The Labute approximate surface area is 131 Å². The minimum Gasteiger partial charge on any atom is -0.506 e. The van der Waals surface area contributed by atoms with Gasteiger partial charge in [-0.3, -0.25) is 4.79 Å². The van der Waals surface area contributed by atoms with Gasteiger partial charge in [0, 0.05) is 16.4 Å². The summed E-state index contributed by atoms with van der Waals surface area (Å²) in [5, 5.41) is 13.4. The van der Waals surface area contributed by atoms with Crippen LogP contribution in [0.3, 0.4) is 0 Å². The van der Waals surface area contributed by atoms with Crippen molar-refractivity contribution in [2.75, 3.05) is 11.1 Å². The van der Waals surface area contributed by atoms with Crippen LogP contribution >= 0.6 is 23.2 Å². The summed E-state index contributed by atoms with van der Waals surface area (Å²) < 4.78 is 0. The van der Waals surface area contributed by atoms with Gasteiger partial charge in [-0.1, -0.05) is 29.3 Å². The van der Waals surface area contributed by atoms with Crippen LogP contribution in [0, 0.1) is 0 Å². The maximum Gasteiger partial charge on any atom is 0.232 e. The second kappa shape index (κ2) is 5.13. The number of phenolic OH excluding ortho intramolecular Hbond substituents is 1. The molecule has 1 atom stereocenters. The number of carbonyl (C=O) groups excluding carboxylic acids is 1. The lowest BCUT2D eigenvalue weighted by molar-refractivity contribution is -0.117. The van der Waals surface area contributed by atoms with E-state index in [9.17, 15) is 9.90 Å². The SMILES string of the molecule is Nc1ccc2c(c1)NC(=O)C2Cc1cc(Cl)cc(Cl)c1O. The molecule has 0 fully saturated rings. The fraction of sp³-hybridized carbons (Fsp3) is 0.133. The van der Waals surface area contributed by atoms with Crippen molar-refractivity contribution in [2.45, 2.75) is 12.3 Å². The number of amides is 1. The van der Waals surface area contributed by atoms with Crippen molar-refractivity contribution in [2.24, 2.45) is 0 Å². The number of aromatic hydroxyl groups is 1. The van der Waals surface area contributed by atoms with Crippen LogP contribution in [0.5, 0.6) is 5.75 Å². The highest BCUT2D eigenvalue weighted by atomic mass is 35.5. The van der Waals surface area contributed by atoms with Crippen molar-refractivity contribution in [3.8, 4) is 5.75 Å². The normalized spacial score (nSPS) is 16.7. The minimum absolute atomic E-state index is 0.0437. The van der Waals surface area contributed by atoms with Crippen molar-refractivity contribution in [1.82, 2.24) is 0 Å². The van der Waals surface area contributed by atoms with Gasteiger partial charge in [-0.25, -0.2) is 0 Å². The molecular formula is C15H12Cl2N2O2. The van der Waals surface area contributed by atoms with Crippen LogP contribution in [0.4, 0.5) is 11.4 Å². The second-order valence-corrected chi connectivity index (χ2v) is 5.83. The van der Waals surface area contributed by atoms with Gasteiger partial charge in [0.25, 0.3) is 0 Å². The first-order chi connectivity index (χ1) is 9.95. The van der Waals surface area contributed by atoms with E-state index in [0.29, 0.717) is 28.4 Å². The zero-order valence-corrected chi connectivity index (χ0v) is 12.4. The van der Waals surface area contributed by atoms with Gasteiger partial charge in [0.2, 0.25) is 5.91 Å². The third kappa shape index (κ3) is 2.52. The number of halogens is 2. The predicted molar refractivity (Wildman–Crippen MR) is 84.1 cm³/mol. The number of nitrogens with two attached hydrogens (primary N) is 1. The van der Waals surface area contributed by atoms with Crippen LogP contribution in [-0.4, -0.2) is 11.0 Å². The molecule has 0 radical (unpaired) electrons. The van der Waals surface area contributed by atoms with Gasteiger partial charge in [0.1, 0.15) is 5.75 Å². The Morgan fingerprint density at radius 3 is 2.76 bits per heavy atom. The predicted octanol–water partition coefficient (Wildman–Crippen LogP) is 3.56. The molecule has 0 aliphatic carbocycles. The number of anilines is 2. The topological polar surface area (TPSA) is 75.3 Å². The van der Waals surface area contributed by atoms with Crippen LogP contribution in [0.25, 0.3) is 0 Å². The van der Waals surface area contributed by atoms with Crippen molar-refractivity contribution in [3.05, 3.63) is 51.5 Å². The zero-order valence-electron chi connectivity index (χ0n) is 10.9. The zero-order chi connectivity index (χ0) is 15.1. The number of nitrogen functional groups attached to an aromatic ring is 1. The number of benzene rings is 2. The summed E-state index contributed by atoms with van der Waals surface area (Å²) in [6, 6.07) is 8.36. The standard InChI is InChI=1S/C15H12Cl2N2O2/c16-8-3-7(14(20)12(17)5-8)4-11-10-2-1-9(18)6-13(10)19-15(11)21/h1-3,5-6,11,20H,4,18H2,(H,19,21). The van der Waals surface area contributed by atoms with Gasteiger partial charge in [-0.05, 0) is 41.8 Å². The van der Waals surface area contributed by atoms with Gasteiger partial charge in [0.05, 0.1) is 10.9 Å². The fourth-order valence-electron chi connectivity index (χ4n) is 2.54. The smallest absolute Gasteiger partial charge is 0.232 e. The number of fused-ring (bicyclic) bond motifs is 1. The Kier molecular flexibility index (Phi) is 3.43. The molecule has 0 aromatic heterocycles. The quantitative estimate of drug-likeness (QED) is 0.740. The van der Waals surface area contributed by atoms with Crippen LogP contribution < -0.4 is 11.1 Å². The Hall–Kier alpha value is -1.91. The molecule has 2 aromatic carbocycles. The Morgan fingerprint density at radius 2 is 2.00 bits per heavy atom. The molecule has 2 aromatic rings. The molecule has 0 saturated heterocycles. The van der Waals surface area contributed by atoms with E-state index in [1.807, 2.05) is 6.07 Å². The van der Waals surface area contributed by atoms with E-state index in [4.69, 9.17) is 28.9 Å². The highest BCUT2D eigenvalue weighted by Crippen LogP contribution is 2.39. The number of rotatable bonds is 2. The summed E-state index contributed by atoms with van der Waals surface area (Å²) in [6.45, 7) is 0. The fourth-order valence-corrected chi connectivity index (χ4v) is 3.08. The van der Waals surface area contributed by atoms with Crippen LogP contribution in [0.1, 0.15) is 17.0 Å². The lowest BCUT2D eigenvalue weighted by Crippen LogP contribution is -2.14. The average Bonchev–Trinajstić information content (AvgIpc) is 2.71. The molecule has 0 saturated carbocycles. The lowest BCUT2D eigenvalue weighted by Gasteiger charge is -2.12. The maximum atomic E-state index is 12.1. The summed E-state index contributed by atoms with van der Waals surface area (Å²) in [4.78, 5) is 12.1. The van der Waals surface area contributed by atoms with Crippen molar-refractivity contribution < 1.29 is 9.90 Å². The van der Waals surface area contributed by atoms with E-state index in [1.54, 1.807) is 18.2 Å². The minimum atomic E-state index is -0.402. The number of hydrogen-bond donors (Lipinski definition) is 3. The average molecular weight is 323 g/mol. The number of carbonyl (C=O) groups is 1. The van der Waals surface area contributed by atoms with E-state index in [1.165, 1.54) is 6.07 Å². The third-order valence-electron chi connectivity index (χ3n) is 3.56. The van der Waals surface area contributed by atoms with E-state index >= 15 is 0 Å². The van der Waals surface area contributed by atoms with Crippen molar-refractivity contribution in [3.63, 3.8) is 0 Å². The molecule has 1 unspecified atom stereocenters. The molecule has 0 spiro atoms. The van der Waals surface area contributed by atoms with E-state index in [-0.39, 0.29) is 16.7 Å². The maximum absolute atomic E-state index is 12.1. The Morgan fingerprint density at radius 1 is 1.24 bits per heavy atom. The molecule has 21 heavy (non-hydrogen) atoms. The van der Waals surface area contributed by atoms with Gasteiger partial charge < -0.3 is 16.2 Å². The van der Waals surface area contributed by atoms with Crippen LogP contribution in [0.15, 0.2) is 30.3 Å². The van der Waals surface area contributed by atoms with Crippen molar-refractivity contribution in [1.29, 1.82) is 0 Å². The molecule has 4 nitrogen and oxygen atoms in total. The van der Waals surface area contributed by atoms with E-state index in [2.05, 4.69) is 5.32 Å². The molecule has 108 valence electrons. The summed E-state index contributed by atoms with van der Waals surface area (Å²) >= 11 is 11.9. The molecule has 3 rings (SSSR count). The highest BCUT2D eigenvalue weighted by molar-refractivity contribution is 6.35. The summed E-state index contributed by atoms with van der Waals surface area (Å²) in [6.07, 6.45) is 0.314. The lowest BCUT2D eigenvalue weighted by atomic mass is 9.92. The molecule has 1 aliphatic rings. The molecule has 1 heterocycles. The molecule has 0 bridgehead atoms. The summed E-state index contributed by atoms with van der Waals surface area (Å²) in [5.41, 5.74) is 8.40. The number of nitrogens with one attached hydrogen (secondary N) is 1. The molecule has 6 heteroatoms. The molecule has 1 aliphatic heterocycles. The van der Waals surface area contributed by atoms with Gasteiger partial charge >= 0.3 is 0 Å². The molecule has 1 amide bonds. The first-order valence-electron chi connectivity index (χ1n) is 6.33. The van der Waals surface area contributed by atoms with E-state index in [0.717, 1.165) is 5.56 Å². The number of hydrogen-bond acceptors (Lipinski definition) is 3. The van der Waals surface area contributed by atoms with Gasteiger partial charge in [-0.2, -0.15) is 0 Å². The second-order valence-electron chi connectivity index (χ2n) is 4.99. The van der Waals surface area contributed by atoms with E-state index < -0.39 is 5.92 Å². The first-order valence-corrected chi connectivity index (χ1v) is 7.08. The Bertz CT molecular complexity index is 747. The van der Waals surface area contributed by atoms with Gasteiger partial charge in [0.15, 0.2) is 0 Å². The molecule has 4 N–H and O–H groups in total. The highest BCUT2D eigenvalue weighted by Gasteiger charge is 2.31. The first kappa shape index (κ1) is 14.0. The number of phenols is 1. The largest absolute Gasteiger partial charge is 0.506 e. The third-order valence-corrected chi connectivity index (χ3v) is 4.06. The summed E-state index contributed by atoms with van der Waals surface area (Å²) in [7, 11) is 0. The van der Waals surface area contributed by atoms with Gasteiger partial charge in [-0.15, -0.1) is 0 Å². The Balaban J connectivity index is 1.98. The van der Waals surface area contributed by atoms with Crippen LogP contribution in [0.2, 0.25) is 10.0 Å². The summed E-state index contributed by atoms with van der Waals surface area (Å²) in [5.74, 6) is -0.579. The van der Waals surface area contributed by atoms with Crippen molar-refractivity contribution >= 4 is 40.5 Å².